The molecule has 3 N–H and O–H groups in total. The number of aromatic nitrogens is 1. The van der Waals surface area contributed by atoms with E-state index < -0.39 is 0 Å². The number of hydrogen-bond donors (Lipinski definition) is 3. The van der Waals surface area contributed by atoms with Crippen molar-refractivity contribution in [1.29, 1.82) is 0 Å². The Labute approximate surface area is 245 Å². The van der Waals surface area contributed by atoms with Gasteiger partial charge in [-0.2, -0.15) is 0 Å². The molecule has 1 amide bonds. The molecular formula is C33H48N6O2. The molecule has 1 aliphatic carbocycles. The zero-order valence-electron chi connectivity index (χ0n) is 25.8. The van der Waals surface area contributed by atoms with Crippen LogP contribution in [0.3, 0.4) is 0 Å². The topological polar surface area (TPSA) is 83.7 Å². The first kappa shape index (κ1) is 30.8. The van der Waals surface area contributed by atoms with Crippen LogP contribution in [0.2, 0.25) is 0 Å². The highest BCUT2D eigenvalue weighted by atomic mass is 16.1. The largest absolute Gasteiger partial charge is 0.369 e. The predicted octanol–water partition coefficient (Wildman–Crippen LogP) is 3.19. The Kier molecular flexibility index (Phi) is 10.7. The molecule has 1 saturated carbocycles. The maximum Gasteiger partial charge on any atom is 0.253 e. The number of benzene rings is 1. The Bertz CT molecular complexity index is 1320. The molecular weight excluding hydrogens is 512 g/mol. The number of H-pyrrole nitrogens is 1. The zero-order chi connectivity index (χ0) is 29.5. The molecule has 8 heteroatoms. The van der Waals surface area contributed by atoms with Crippen molar-refractivity contribution in [1.82, 2.24) is 25.4 Å². The predicted molar refractivity (Wildman–Crippen MR) is 168 cm³/mol. The maximum absolute atomic E-state index is 13.6. The highest BCUT2D eigenvalue weighted by molar-refractivity contribution is 5.97. The van der Waals surface area contributed by atoms with E-state index in [0.29, 0.717) is 23.2 Å². The van der Waals surface area contributed by atoms with Crippen molar-refractivity contribution in [2.75, 3.05) is 58.3 Å². The number of piperazine rings is 1. The summed E-state index contributed by atoms with van der Waals surface area (Å²) in [6, 6.07) is 7.04. The van der Waals surface area contributed by atoms with Crippen LogP contribution in [0, 0.1) is 32.6 Å². The maximum atomic E-state index is 13.6. The van der Waals surface area contributed by atoms with Gasteiger partial charge in [0.25, 0.3) is 11.5 Å². The fourth-order valence-corrected chi connectivity index (χ4v) is 6.23. The van der Waals surface area contributed by atoms with Gasteiger partial charge in [0.15, 0.2) is 0 Å². The zero-order valence-corrected chi connectivity index (χ0v) is 25.8. The van der Waals surface area contributed by atoms with Crippen LogP contribution >= 0.6 is 0 Å². The molecule has 2 fully saturated rings. The second kappa shape index (κ2) is 14.2. The number of carbonyl (C=O) groups excluding carboxylic acids is 1. The van der Waals surface area contributed by atoms with E-state index in [0.717, 1.165) is 93.0 Å². The van der Waals surface area contributed by atoms with Gasteiger partial charge in [0, 0.05) is 79.4 Å². The van der Waals surface area contributed by atoms with Crippen LogP contribution in [0.25, 0.3) is 0 Å². The number of pyridine rings is 1. The quantitative estimate of drug-likeness (QED) is 0.430. The summed E-state index contributed by atoms with van der Waals surface area (Å²) in [4.78, 5) is 36.2. The number of anilines is 1. The minimum absolute atomic E-state index is 0.155. The fraction of sp³-hybridized carbons (Fsp3) is 0.576. The van der Waals surface area contributed by atoms with Crippen molar-refractivity contribution < 1.29 is 4.79 Å². The molecule has 2 aliphatic rings. The number of carbonyl (C=O) groups is 1. The Morgan fingerprint density at radius 2 is 1.78 bits per heavy atom. The normalized spacial score (nSPS) is 19.9. The molecule has 41 heavy (non-hydrogen) atoms. The smallest absolute Gasteiger partial charge is 0.253 e. The van der Waals surface area contributed by atoms with E-state index in [1.807, 2.05) is 40.0 Å². The van der Waals surface area contributed by atoms with Gasteiger partial charge >= 0.3 is 0 Å². The van der Waals surface area contributed by atoms with Gasteiger partial charge in [-0.1, -0.05) is 11.8 Å². The van der Waals surface area contributed by atoms with Gasteiger partial charge in [-0.3, -0.25) is 14.5 Å². The standard InChI is InChI=1S/C33H48N6O2/c1-7-39(28-12-10-27(34-5)11-13-28)31-21-26(9-8-14-38-17-15-37(6)16-18-38)20-29(25(31)4)32(40)35-22-30-23(2)19-24(3)36-33(30)41/h19-21,27-28,34H,7,10-18,22H2,1-6H3,(H,35,40)(H,36,41). The van der Waals surface area contributed by atoms with E-state index in [9.17, 15) is 9.59 Å². The SMILES string of the molecule is CCN(c1cc(C#CCN2CCN(C)CC2)cc(C(=O)NCc2c(C)cc(C)[nH]c2=O)c1C)C1CCC(NC)CC1. The van der Waals surface area contributed by atoms with Gasteiger partial charge in [0.05, 0.1) is 6.54 Å². The molecule has 0 bridgehead atoms. The molecule has 222 valence electrons. The van der Waals surface area contributed by atoms with Crippen molar-refractivity contribution in [3.63, 3.8) is 0 Å². The monoisotopic (exact) mass is 560 g/mol. The molecule has 1 aromatic heterocycles. The third kappa shape index (κ3) is 7.79. The average Bonchev–Trinajstić information content (AvgIpc) is 2.95. The highest BCUT2D eigenvalue weighted by Crippen LogP contribution is 2.32. The van der Waals surface area contributed by atoms with Gasteiger partial charge in [-0.05, 0) is 96.8 Å². The third-order valence-corrected chi connectivity index (χ3v) is 8.87. The molecule has 8 nitrogen and oxygen atoms in total. The summed E-state index contributed by atoms with van der Waals surface area (Å²) < 4.78 is 0. The van der Waals surface area contributed by atoms with Crippen LogP contribution in [0.5, 0.6) is 0 Å². The number of aromatic amines is 1. The van der Waals surface area contributed by atoms with Crippen molar-refractivity contribution in [2.45, 2.75) is 72.0 Å². The molecule has 1 aromatic carbocycles. The van der Waals surface area contributed by atoms with Crippen LogP contribution in [-0.4, -0.2) is 86.1 Å². The van der Waals surface area contributed by atoms with Crippen LogP contribution in [0.1, 0.15) is 70.9 Å². The number of nitrogens with zero attached hydrogens (tertiary/aromatic N) is 3. The number of aryl methyl sites for hydroxylation is 2. The molecule has 2 heterocycles. The Morgan fingerprint density at radius 1 is 1.07 bits per heavy atom. The summed E-state index contributed by atoms with van der Waals surface area (Å²) in [5.41, 5.74) is 5.64. The van der Waals surface area contributed by atoms with E-state index in [-0.39, 0.29) is 18.0 Å². The van der Waals surface area contributed by atoms with Crippen molar-refractivity contribution in [3.8, 4) is 11.8 Å². The van der Waals surface area contributed by atoms with E-state index >= 15 is 0 Å². The number of likely N-dealkylation sites (N-methyl/N-ethyl adjacent to an activating group) is 1. The lowest BCUT2D eigenvalue weighted by atomic mass is 9.89. The Balaban J connectivity index is 1.62. The molecule has 0 spiro atoms. The molecule has 0 unspecified atom stereocenters. The summed E-state index contributed by atoms with van der Waals surface area (Å²) in [7, 11) is 4.21. The molecule has 0 atom stereocenters. The summed E-state index contributed by atoms with van der Waals surface area (Å²) in [5.74, 6) is 6.59. The Hall–Kier alpha value is -3.12. The van der Waals surface area contributed by atoms with Crippen LogP contribution < -0.4 is 21.1 Å². The molecule has 1 saturated heterocycles. The minimum Gasteiger partial charge on any atom is -0.369 e. The Morgan fingerprint density at radius 3 is 2.41 bits per heavy atom. The van der Waals surface area contributed by atoms with Gasteiger partial charge in [-0.15, -0.1) is 0 Å². The number of nitrogens with one attached hydrogen (secondary N) is 3. The van der Waals surface area contributed by atoms with E-state index in [4.69, 9.17) is 0 Å². The summed E-state index contributed by atoms with van der Waals surface area (Å²) in [5, 5.41) is 6.46. The van der Waals surface area contributed by atoms with E-state index in [1.54, 1.807) is 0 Å². The minimum atomic E-state index is -0.180. The number of amides is 1. The molecule has 2 aromatic rings. The molecule has 0 radical (unpaired) electrons. The second-order valence-corrected chi connectivity index (χ2v) is 11.8. The average molecular weight is 561 g/mol. The van der Waals surface area contributed by atoms with E-state index in [2.05, 4.69) is 62.2 Å². The van der Waals surface area contributed by atoms with Crippen molar-refractivity contribution >= 4 is 11.6 Å². The number of hydrogen-bond acceptors (Lipinski definition) is 6. The van der Waals surface area contributed by atoms with Gasteiger partial charge in [-0.25, -0.2) is 0 Å². The molecule has 4 rings (SSSR count). The van der Waals surface area contributed by atoms with Crippen molar-refractivity contribution in [3.05, 3.63) is 62.1 Å². The van der Waals surface area contributed by atoms with Gasteiger partial charge < -0.3 is 25.4 Å². The van der Waals surface area contributed by atoms with Crippen LogP contribution in [0.4, 0.5) is 5.69 Å². The summed E-state index contributed by atoms with van der Waals surface area (Å²) in [6.45, 7) is 13.9. The first-order chi connectivity index (χ1) is 19.7. The summed E-state index contributed by atoms with van der Waals surface area (Å²) >= 11 is 0. The first-order valence-corrected chi connectivity index (χ1v) is 15.2. The summed E-state index contributed by atoms with van der Waals surface area (Å²) in [6.07, 6.45) is 4.54. The van der Waals surface area contributed by atoms with Crippen molar-refractivity contribution in [2.24, 2.45) is 0 Å². The molecule has 1 aliphatic heterocycles. The lowest BCUT2D eigenvalue weighted by molar-refractivity contribution is 0.0950. The van der Waals surface area contributed by atoms with E-state index in [1.165, 1.54) is 0 Å². The third-order valence-electron chi connectivity index (χ3n) is 8.87. The lowest BCUT2D eigenvalue weighted by Crippen LogP contribution is -2.44. The van der Waals surface area contributed by atoms with Crippen LogP contribution in [-0.2, 0) is 6.54 Å². The number of rotatable bonds is 8. The second-order valence-electron chi connectivity index (χ2n) is 11.8. The van der Waals surface area contributed by atoms with Gasteiger partial charge in [0.2, 0.25) is 0 Å². The van der Waals surface area contributed by atoms with Crippen LogP contribution in [0.15, 0.2) is 23.0 Å². The highest BCUT2D eigenvalue weighted by Gasteiger charge is 2.27. The lowest BCUT2D eigenvalue weighted by Gasteiger charge is -2.39. The van der Waals surface area contributed by atoms with Gasteiger partial charge in [0.1, 0.15) is 0 Å². The first-order valence-electron chi connectivity index (χ1n) is 15.2. The fourth-order valence-electron chi connectivity index (χ4n) is 6.23.